The average Bonchev–Trinajstić information content (AvgIpc) is 3.11. The Morgan fingerprint density at radius 3 is 2.58 bits per heavy atom. The van der Waals surface area contributed by atoms with Crippen molar-refractivity contribution in [1.82, 2.24) is 14.8 Å². The Balaban J connectivity index is 1.70. The molecule has 10 heteroatoms. The number of hydrogen-bond donors (Lipinski definition) is 1. The van der Waals surface area contributed by atoms with E-state index in [9.17, 15) is 18.0 Å². The van der Waals surface area contributed by atoms with Crippen molar-refractivity contribution in [2.45, 2.75) is 32.5 Å². The first-order chi connectivity index (χ1) is 14.7. The van der Waals surface area contributed by atoms with E-state index in [2.05, 4.69) is 10.1 Å². The van der Waals surface area contributed by atoms with Crippen molar-refractivity contribution in [3.05, 3.63) is 65.1 Å². The summed E-state index contributed by atoms with van der Waals surface area (Å²) in [4.78, 5) is 14.6. The fourth-order valence-electron chi connectivity index (χ4n) is 2.87. The predicted molar refractivity (Wildman–Crippen MR) is 104 cm³/mol. The Bertz CT molecular complexity index is 1060. The van der Waals surface area contributed by atoms with E-state index in [1.165, 1.54) is 17.9 Å². The zero-order valence-corrected chi connectivity index (χ0v) is 16.8. The highest BCUT2D eigenvalue weighted by Crippen LogP contribution is 2.29. The summed E-state index contributed by atoms with van der Waals surface area (Å²) < 4.78 is 50.6. The molecule has 0 saturated heterocycles. The number of pyridine rings is 1. The largest absolute Gasteiger partial charge is 0.496 e. The summed E-state index contributed by atoms with van der Waals surface area (Å²) in [7, 11) is 1.49. The van der Waals surface area contributed by atoms with Crippen LogP contribution in [0.4, 0.5) is 13.2 Å². The molecule has 0 fully saturated rings. The van der Waals surface area contributed by atoms with Gasteiger partial charge in [0.05, 0.1) is 18.4 Å². The zero-order valence-electron chi connectivity index (χ0n) is 16.8. The summed E-state index contributed by atoms with van der Waals surface area (Å²) in [6.45, 7) is 1.93. The van der Waals surface area contributed by atoms with Crippen molar-refractivity contribution in [2.24, 2.45) is 0 Å². The molecule has 0 aliphatic rings. The van der Waals surface area contributed by atoms with Crippen LogP contribution in [0.1, 0.15) is 28.8 Å². The van der Waals surface area contributed by atoms with Gasteiger partial charge in [-0.2, -0.15) is 18.3 Å². The number of alkyl halides is 3. The van der Waals surface area contributed by atoms with Crippen LogP contribution in [0.25, 0.3) is 5.82 Å². The number of carboxylic acid groups (broad SMARTS) is 1. The number of benzene rings is 1. The smallest absolute Gasteiger partial charge is 0.417 e. The van der Waals surface area contributed by atoms with Gasteiger partial charge < -0.3 is 14.6 Å². The number of ether oxygens (including phenoxy) is 2. The maximum absolute atomic E-state index is 12.7. The number of carboxylic acids is 1. The third-order valence-corrected chi connectivity index (χ3v) is 4.57. The Morgan fingerprint density at radius 1 is 1.19 bits per heavy atom. The minimum Gasteiger partial charge on any atom is -0.496 e. The Morgan fingerprint density at radius 2 is 1.97 bits per heavy atom. The second-order valence-corrected chi connectivity index (χ2v) is 6.74. The standard InChI is InChI=1S/C21H20F3N3O4/c1-13-15(11-27(26-13)19-7-5-16(10-25-19)21(22,23)24)12-31-17-6-3-14(4-8-20(28)29)18(9-17)30-2/h3,5-7,9-11H,4,8,12H2,1-2H3,(H,28,29). The van der Waals surface area contributed by atoms with Gasteiger partial charge in [-0.1, -0.05) is 6.07 Å². The van der Waals surface area contributed by atoms with Crippen LogP contribution in [0.15, 0.2) is 42.7 Å². The molecule has 0 aliphatic heterocycles. The van der Waals surface area contributed by atoms with Gasteiger partial charge in [0.15, 0.2) is 5.82 Å². The van der Waals surface area contributed by atoms with E-state index in [0.29, 0.717) is 23.6 Å². The maximum Gasteiger partial charge on any atom is 0.417 e. The van der Waals surface area contributed by atoms with Crippen molar-refractivity contribution in [2.75, 3.05) is 7.11 Å². The summed E-state index contributed by atoms with van der Waals surface area (Å²) in [5.74, 6) is 0.417. The molecule has 31 heavy (non-hydrogen) atoms. The van der Waals surface area contributed by atoms with Crippen LogP contribution >= 0.6 is 0 Å². The molecule has 7 nitrogen and oxygen atoms in total. The number of aliphatic carboxylic acids is 1. The van der Waals surface area contributed by atoms with Crippen LogP contribution in [0.5, 0.6) is 11.5 Å². The number of halogens is 3. The van der Waals surface area contributed by atoms with E-state index in [1.807, 2.05) is 0 Å². The summed E-state index contributed by atoms with van der Waals surface area (Å²) in [6.07, 6.45) is -1.71. The molecule has 164 valence electrons. The van der Waals surface area contributed by atoms with E-state index in [0.717, 1.165) is 23.4 Å². The molecule has 3 rings (SSSR count). The zero-order chi connectivity index (χ0) is 22.6. The first kappa shape index (κ1) is 22.1. The lowest BCUT2D eigenvalue weighted by Crippen LogP contribution is -2.07. The first-order valence-electron chi connectivity index (χ1n) is 9.27. The minimum atomic E-state index is -4.45. The van der Waals surface area contributed by atoms with Gasteiger partial charge in [0, 0.05) is 30.4 Å². The number of aryl methyl sites for hydroxylation is 2. The highest BCUT2D eigenvalue weighted by Gasteiger charge is 2.30. The molecule has 2 aromatic heterocycles. The molecule has 3 aromatic rings. The Hall–Kier alpha value is -3.56. The lowest BCUT2D eigenvalue weighted by atomic mass is 10.1. The Kier molecular flexibility index (Phi) is 6.47. The van der Waals surface area contributed by atoms with E-state index < -0.39 is 17.7 Å². The topological polar surface area (TPSA) is 86.5 Å². The van der Waals surface area contributed by atoms with Gasteiger partial charge in [-0.05, 0) is 37.1 Å². The van der Waals surface area contributed by atoms with Crippen LogP contribution in [-0.2, 0) is 24.0 Å². The normalized spacial score (nSPS) is 11.4. The second kappa shape index (κ2) is 9.07. The van der Waals surface area contributed by atoms with Gasteiger partial charge in [-0.25, -0.2) is 9.67 Å². The van der Waals surface area contributed by atoms with Crippen LogP contribution < -0.4 is 9.47 Å². The molecule has 0 spiro atoms. The van der Waals surface area contributed by atoms with Crippen LogP contribution in [-0.4, -0.2) is 33.0 Å². The molecule has 0 atom stereocenters. The fourth-order valence-corrected chi connectivity index (χ4v) is 2.87. The molecule has 0 amide bonds. The van der Waals surface area contributed by atoms with E-state index in [-0.39, 0.29) is 18.8 Å². The summed E-state index contributed by atoms with van der Waals surface area (Å²) >= 11 is 0. The molecule has 0 unspecified atom stereocenters. The number of nitrogens with zero attached hydrogens (tertiary/aromatic N) is 3. The molecule has 0 radical (unpaired) electrons. The number of carbonyl (C=O) groups is 1. The molecular weight excluding hydrogens is 415 g/mol. The molecule has 0 bridgehead atoms. The quantitative estimate of drug-likeness (QED) is 0.571. The van der Waals surface area contributed by atoms with Gasteiger partial charge >= 0.3 is 12.1 Å². The lowest BCUT2D eigenvalue weighted by Gasteiger charge is -2.11. The lowest BCUT2D eigenvalue weighted by molar-refractivity contribution is -0.138. The molecule has 0 aliphatic carbocycles. The SMILES string of the molecule is COc1cc(OCc2cn(-c3ccc(C(F)(F)F)cn3)nc2C)ccc1CCC(=O)O. The number of rotatable bonds is 8. The van der Waals surface area contributed by atoms with Crippen LogP contribution in [0, 0.1) is 6.92 Å². The van der Waals surface area contributed by atoms with Gasteiger partial charge in [0.25, 0.3) is 0 Å². The van der Waals surface area contributed by atoms with Crippen molar-refractivity contribution in [3.8, 4) is 17.3 Å². The van der Waals surface area contributed by atoms with Crippen LogP contribution in [0.2, 0.25) is 0 Å². The van der Waals surface area contributed by atoms with E-state index in [1.54, 1.807) is 31.3 Å². The van der Waals surface area contributed by atoms with Gasteiger partial charge in [0.2, 0.25) is 0 Å². The highest BCUT2D eigenvalue weighted by molar-refractivity contribution is 5.67. The maximum atomic E-state index is 12.7. The number of aromatic nitrogens is 3. The van der Waals surface area contributed by atoms with Crippen molar-refractivity contribution < 1.29 is 32.5 Å². The first-order valence-corrected chi connectivity index (χ1v) is 9.27. The predicted octanol–water partition coefficient (Wildman–Crippen LogP) is 4.20. The second-order valence-electron chi connectivity index (χ2n) is 6.74. The van der Waals surface area contributed by atoms with E-state index >= 15 is 0 Å². The van der Waals surface area contributed by atoms with Crippen LogP contribution in [0.3, 0.4) is 0 Å². The monoisotopic (exact) mass is 435 g/mol. The fraction of sp³-hybridized carbons (Fsp3) is 0.286. The third-order valence-electron chi connectivity index (χ3n) is 4.57. The number of methoxy groups -OCH3 is 1. The molecular formula is C21H20F3N3O4. The highest BCUT2D eigenvalue weighted by atomic mass is 19.4. The summed E-state index contributed by atoms with van der Waals surface area (Å²) in [5, 5.41) is 13.1. The summed E-state index contributed by atoms with van der Waals surface area (Å²) in [6, 6.07) is 7.35. The molecule has 1 N–H and O–H groups in total. The summed E-state index contributed by atoms with van der Waals surface area (Å²) in [5.41, 5.74) is 1.31. The van der Waals surface area contributed by atoms with E-state index in [4.69, 9.17) is 14.6 Å². The molecule has 2 heterocycles. The van der Waals surface area contributed by atoms with Gasteiger partial charge in [-0.3, -0.25) is 4.79 Å². The minimum absolute atomic E-state index is 0.00702. The Labute approximate surface area is 176 Å². The molecule has 1 aromatic carbocycles. The van der Waals surface area contributed by atoms with Crippen molar-refractivity contribution in [1.29, 1.82) is 0 Å². The van der Waals surface area contributed by atoms with Crippen molar-refractivity contribution >= 4 is 5.97 Å². The van der Waals surface area contributed by atoms with Gasteiger partial charge in [0.1, 0.15) is 18.1 Å². The molecule has 0 saturated carbocycles. The number of hydrogen-bond acceptors (Lipinski definition) is 5. The average molecular weight is 435 g/mol. The third kappa shape index (κ3) is 5.53. The van der Waals surface area contributed by atoms with Gasteiger partial charge in [-0.15, -0.1) is 0 Å². The van der Waals surface area contributed by atoms with Crippen molar-refractivity contribution in [3.63, 3.8) is 0 Å².